The summed E-state index contributed by atoms with van der Waals surface area (Å²) in [6.45, 7) is 3.79. The van der Waals surface area contributed by atoms with Crippen LogP contribution in [0.25, 0.3) is 10.9 Å². The number of aromatic nitrogens is 3. The molecule has 3 fully saturated rings. The Hall–Kier alpha value is -5.09. The molecule has 2 N–H and O–H groups in total. The van der Waals surface area contributed by atoms with Crippen molar-refractivity contribution >= 4 is 34.1 Å². The quantitative estimate of drug-likeness (QED) is 0.175. The number of ether oxygens (including phenoxy) is 1. The van der Waals surface area contributed by atoms with Crippen LogP contribution in [0.1, 0.15) is 71.7 Å². The summed E-state index contributed by atoms with van der Waals surface area (Å²) in [5, 5.41) is 12.3. The number of hydrogen-bond donors (Lipinski definition) is 2. The number of nitrogens with one attached hydrogen (secondary N) is 2. The standard InChI is InChI=1S/C41H43FN6O3/c1-26-6-4-9-35(42)38(26)41(50)48-37-10-5-7-28(37)23-34(39(48)27-11-13-30(14-12-27)45-31-17-20-51-21-18-31)40(49)46-32-15-16-36-29(22-32)24-44-47(36)25-33-8-2-3-19-43-33/h2-4,6,8-9,11-16,19,22,24,28,31,34,37,39,45H,5,7,10,17-18,20-21,23,25H2,1H3,(H,46,49)/t28-,34+,37-,39+/m1/s1. The fourth-order valence-corrected chi connectivity index (χ4v) is 8.49. The van der Waals surface area contributed by atoms with Crippen molar-refractivity contribution in [1.29, 1.82) is 0 Å². The Labute approximate surface area is 297 Å². The van der Waals surface area contributed by atoms with Crippen LogP contribution in [0.5, 0.6) is 0 Å². The highest BCUT2D eigenvalue weighted by Crippen LogP contribution is 2.49. The van der Waals surface area contributed by atoms with Gasteiger partial charge in [0, 0.05) is 48.3 Å². The zero-order valence-corrected chi connectivity index (χ0v) is 28.8. The molecule has 0 radical (unpaired) electrons. The number of fused-ring (bicyclic) bond motifs is 2. The van der Waals surface area contributed by atoms with Gasteiger partial charge in [0.05, 0.1) is 41.5 Å². The van der Waals surface area contributed by atoms with Crippen LogP contribution in [0.2, 0.25) is 0 Å². The lowest BCUT2D eigenvalue weighted by molar-refractivity contribution is -0.125. The number of carbonyl (C=O) groups excluding carboxylic acids is 2. The number of likely N-dealkylation sites (tertiary alicyclic amines) is 1. The van der Waals surface area contributed by atoms with E-state index >= 15 is 4.39 Å². The fraction of sp³-hybridized carbons (Fsp3) is 0.366. The monoisotopic (exact) mass is 686 g/mol. The fourth-order valence-electron chi connectivity index (χ4n) is 8.49. The van der Waals surface area contributed by atoms with Gasteiger partial charge < -0.3 is 20.3 Å². The molecular formula is C41H43FN6O3. The molecule has 3 aromatic carbocycles. The van der Waals surface area contributed by atoms with Crippen LogP contribution in [0.3, 0.4) is 0 Å². The van der Waals surface area contributed by atoms with E-state index in [-0.39, 0.29) is 29.3 Å². The predicted octanol–water partition coefficient (Wildman–Crippen LogP) is 7.53. The highest BCUT2D eigenvalue weighted by Gasteiger charge is 2.50. The molecule has 0 bridgehead atoms. The third-order valence-electron chi connectivity index (χ3n) is 11.0. The lowest BCUT2D eigenvalue weighted by atomic mass is 9.76. The maximum atomic E-state index is 15.4. The van der Waals surface area contributed by atoms with Gasteiger partial charge in [-0.05, 0) is 105 Å². The molecule has 10 heteroatoms. The van der Waals surface area contributed by atoms with Gasteiger partial charge in [-0.15, -0.1) is 0 Å². The number of pyridine rings is 1. The molecule has 2 amide bonds. The number of hydrogen-bond acceptors (Lipinski definition) is 6. The van der Waals surface area contributed by atoms with Crippen LogP contribution in [0, 0.1) is 24.6 Å². The van der Waals surface area contributed by atoms with Crippen molar-refractivity contribution in [2.45, 2.75) is 70.1 Å². The average molecular weight is 687 g/mol. The smallest absolute Gasteiger partial charge is 0.257 e. The predicted molar refractivity (Wildman–Crippen MR) is 195 cm³/mol. The Morgan fingerprint density at radius 2 is 1.76 bits per heavy atom. The topological polar surface area (TPSA) is 101 Å². The summed E-state index contributed by atoms with van der Waals surface area (Å²) < 4.78 is 22.9. The van der Waals surface area contributed by atoms with E-state index in [1.54, 1.807) is 31.5 Å². The number of carbonyl (C=O) groups is 2. The van der Waals surface area contributed by atoms with Gasteiger partial charge in [-0.3, -0.25) is 19.3 Å². The number of anilines is 2. The summed E-state index contributed by atoms with van der Waals surface area (Å²) in [6, 6.07) is 24.2. The molecule has 4 atom stereocenters. The second kappa shape index (κ2) is 14.3. The van der Waals surface area contributed by atoms with Gasteiger partial charge in [0.25, 0.3) is 5.91 Å². The highest BCUT2D eigenvalue weighted by atomic mass is 19.1. The number of nitrogens with zero attached hydrogens (tertiary/aromatic N) is 4. The number of rotatable bonds is 8. The van der Waals surface area contributed by atoms with Crippen molar-refractivity contribution in [3.05, 3.63) is 119 Å². The molecule has 2 aromatic heterocycles. The molecule has 1 saturated carbocycles. The van der Waals surface area contributed by atoms with E-state index in [0.29, 0.717) is 30.3 Å². The Morgan fingerprint density at radius 1 is 0.941 bits per heavy atom. The minimum atomic E-state index is -0.571. The van der Waals surface area contributed by atoms with E-state index in [0.717, 1.165) is 73.2 Å². The summed E-state index contributed by atoms with van der Waals surface area (Å²) >= 11 is 0. The van der Waals surface area contributed by atoms with E-state index in [4.69, 9.17) is 4.74 Å². The lowest BCUT2D eigenvalue weighted by Gasteiger charge is -2.48. The van der Waals surface area contributed by atoms with Crippen LogP contribution < -0.4 is 10.6 Å². The molecule has 4 heterocycles. The first-order valence-electron chi connectivity index (χ1n) is 18.1. The lowest BCUT2D eigenvalue weighted by Crippen LogP contribution is -2.54. The van der Waals surface area contributed by atoms with Crippen LogP contribution in [-0.4, -0.2) is 56.8 Å². The second-order valence-electron chi connectivity index (χ2n) is 14.2. The van der Waals surface area contributed by atoms with Crippen LogP contribution >= 0.6 is 0 Å². The molecule has 2 saturated heterocycles. The largest absolute Gasteiger partial charge is 0.382 e. The molecular weight excluding hydrogens is 643 g/mol. The SMILES string of the molecule is Cc1cccc(F)c1C(=O)N1[C@@H]2CCC[C@@H]2C[C@H](C(=O)Nc2ccc3c(cnn3Cc3ccccn3)c2)[C@@H]1c1ccc(NC2CCOCC2)cc1. The number of halogens is 1. The third-order valence-corrected chi connectivity index (χ3v) is 11.0. The summed E-state index contributed by atoms with van der Waals surface area (Å²) in [5.41, 5.74) is 5.04. The normalized spacial score (nSPS) is 22.1. The first-order valence-corrected chi connectivity index (χ1v) is 18.1. The number of amides is 2. The number of piperidine rings is 1. The van der Waals surface area contributed by atoms with Crippen molar-refractivity contribution in [2.24, 2.45) is 11.8 Å². The van der Waals surface area contributed by atoms with Gasteiger partial charge in [-0.2, -0.15) is 5.10 Å². The Kier molecular flexibility index (Phi) is 9.25. The highest BCUT2D eigenvalue weighted by molar-refractivity contribution is 5.99. The van der Waals surface area contributed by atoms with Crippen molar-refractivity contribution in [1.82, 2.24) is 19.7 Å². The summed E-state index contributed by atoms with van der Waals surface area (Å²) in [6.07, 6.45) is 8.82. The first-order chi connectivity index (χ1) is 24.9. The molecule has 51 heavy (non-hydrogen) atoms. The van der Waals surface area contributed by atoms with Crippen molar-refractivity contribution in [3.8, 4) is 0 Å². The molecule has 262 valence electrons. The van der Waals surface area contributed by atoms with Crippen molar-refractivity contribution in [2.75, 3.05) is 23.8 Å². The number of aryl methyl sites for hydroxylation is 1. The summed E-state index contributed by atoms with van der Waals surface area (Å²) in [4.78, 5) is 35.4. The molecule has 0 unspecified atom stereocenters. The van der Waals surface area contributed by atoms with Crippen LogP contribution in [0.4, 0.5) is 15.8 Å². The Balaban J connectivity index is 1.12. The number of benzene rings is 3. The molecule has 5 aromatic rings. The molecule has 9 nitrogen and oxygen atoms in total. The van der Waals surface area contributed by atoms with Gasteiger partial charge in [-0.25, -0.2) is 4.39 Å². The second-order valence-corrected chi connectivity index (χ2v) is 14.2. The molecule has 0 spiro atoms. The van der Waals surface area contributed by atoms with E-state index < -0.39 is 17.8 Å². The van der Waals surface area contributed by atoms with E-state index in [9.17, 15) is 9.59 Å². The van der Waals surface area contributed by atoms with Gasteiger partial charge in [0.2, 0.25) is 5.91 Å². The van der Waals surface area contributed by atoms with Gasteiger partial charge in [0.15, 0.2) is 0 Å². The zero-order chi connectivity index (χ0) is 34.9. The Bertz CT molecular complexity index is 2010. The molecule has 2 aliphatic heterocycles. The van der Waals surface area contributed by atoms with E-state index in [1.807, 2.05) is 70.2 Å². The summed E-state index contributed by atoms with van der Waals surface area (Å²) in [7, 11) is 0. The maximum absolute atomic E-state index is 15.4. The minimum absolute atomic E-state index is 0.0770. The maximum Gasteiger partial charge on any atom is 0.257 e. The van der Waals surface area contributed by atoms with Crippen molar-refractivity contribution < 1.29 is 18.7 Å². The molecule has 8 rings (SSSR count). The van der Waals surface area contributed by atoms with Gasteiger partial charge in [-0.1, -0.05) is 36.8 Å². The summed E-state index contributed by atoms with van der Waals surface area (Å²) in [5.74, 6) is -1.44. The van der Waals surface area contributed by atoms with Gasteiger partial charge >= 0.3 is 0 Å². The van der Waals surface area contributed by atoms with Crippen LogP contribution in [-0.2, 0) is 16.1 Å². The van der Waals surface area contributed by atoms with Crippen LogP contribution in [0.15, 0.2) is 91.3 Å². The van der Waals surface area contributed by atoms with E-state index in [2.05, 4.69) is 20.7 Å². The van der Waals surface area contributed by atoms with Gasteiger partial charge in [0.1, 0.15) is 5.82 Å². The zero-order valence-electron chi connectivity index (χ0n) is 28.8. The Morgan fingerprint density at radius 3 is 2.55 bits per heavy atom. The minimum Gasteiger partial charge on any atom is -0.382 e. The average Bonchev–Trinajstić information content (AvgIpc) is 3.78. The first kappa shape index (κ1) is 33.1. The van der Waals surface area contributed by atoms with Crippen molar-refractivity contribution in [3.63, 3.8) is 0 Å². The molecule has 3 aliphatic rings. The van der Waals surface area contributed by atoms with E-state index in [1.165, 1.54) is 6.07 Å². The third kappa shape index (κ3) is 6.72. The molecule has 1 aliphatic carbocycles.